The molecule has 1 unspecified atom stereocenters. The van der Waals surface area contributed by atoms with Gasteiger partial charge in [0.25, 0.3) is 0 Å². The van der Waals surface area contributed by atoms with Crippen molar-refractivity contribution >= 4 is 23.2 Å². The molecule has 0 bridgehead atoms. The van der Waals surface area contributed by atoms with Crippen molar-refractivity contribution in [2.24, 2.45) is 0 Å². The lowest BCUT2D eigenvalue weighted by molar-refractivity contribution is 0.515. The lowest BCUT2D eigenvalue weighted by Gasteiger charge is -2.17. The molecule has 1 aromatic rings. The largest absolute Gasteiger partial charge is 0.0843 e. The molecule has 2 heteroatoms. The molecule has 1 rings (SSSR count). The summed E-state index contributed by atoms with van der Waals surface area (Å²) in [5.41, 5.74) is 1.32. The van der Waals surface area contributed by atoms with Crippen LogP contribution in [0.3, 0.4) is 0 Å². The van der Waals surface area contributed by atoms with Crippen LogP contribution in [0.1, 0.15) is 70.3 Å². The third-order valence-electron chi connectivity index (χ3n) is 3.42. The van der Waals surface area contributed by atoms with E-state index in [1.54, 1.807) is 0 Å². The molecule has 0 aliphatic heterocycles. The number of rotatable bonds is 8. The van der Waals surface area contributed by atoms with Crippen LogP contribution < -0.4 is 0 Å². The van der Waals surface area contributed by atoms with Crippen LogP contribution in [0.2, 0.25) is 10.0 Å². The molecule has 0 aliphatic rings. The molecule has 0 saturated carbocycles. The number of hydrogen-bond donors (Lipinski definition) is 0. The zero-order valence-electron chi connectivity index (χ0n) is 11.5. The first-order valence-corrected chi connectivity index (χ1v) is 7.89. The molecule has 0 fully saturated rings. The van der Waals surface area contributed by atoms with Crippen LogP contribution in [0.25, 0.3) is 0 Å². The predicted molar refractivity (Wildman–Crippen MR) is 82.9 cm³/mol. The second-order valence-corrected chi connectivity index (χ2v) is 5.91. The first-order valence-electron chi connectivity index (χ1n) is 7.13. The van der Waals surface area contributed by atoms with Gasteiger partial charge in [-0.25, -0.2) is 0 Å². The third-order valence-corrected chi connectivity index (χ3v) is 3.86. The van der Waals surface area contributed by atoms with Gasteiger partial charge in [-0.3, -0.25) is 0 Å². The summed E-state index contributed by atoms with van der Waals surface area (Å²) in [6, 6.07) is 5.98. The standard InChI is InChI=1S/C16H24Cl2/c1-3-5-7-9-13(8-6-4-2)14-10-15(17)12-16(18)11-14/h10-13H,3-9H2,1-2H3. The molecule has 0 N–H and O–H groups in total. The number of halogens is 2. The lowest BCUT2D eigenvalue weighted by Crippen LogP contribution is -1.99. The van der Waals surface area contributed by atoms with E-state index in [0.717, 1.165) is 10.0 Å². The van der Waals surface area contributed by atoms with Crippen molar-refractivity contribution in [1.82, 2.24) is 0 Å². The van der Waals surface area contributed by atoms with Crippen molar-refractivity contribution in [1.29, 1.82) is 0 Å². The van der Waals surface area contributed by atoms with Crippen LogP contribution in [0.15, 0.2) is 18.2 Å². The Labute approximate surface area is 122 Å². The normalized spacial score (nSPS) is 12.7. The van der Waals surface area contributed by atoms with E-state index in [9.17, 15) is 0 Å². The maximum atomic E-state index is 6.11. The van der Waals surface area contributed by atoms with Crippen LogP contribution in [0, 0.1) is 0 Å². The van der Waals surface area contributed by atoms with Gasteiger partial charge in [-0.1, -0.05) is 69.2 Å². The van der Waals surface area contributed by atoms with Crippen LogP contribution in [0.5, 0.6) is 0 Å². The molecule has 102 valence electrons. The monoisotopic (exact) mass is 286 g/mol. The molecule has 0 heterocycles. The van der Waals surface area contributed by atoms with Crippen LogP contribution in [-0.2, 0) is 0 Å². The van der Waals surface area contributed by atoms with Gasteiger partial charge in [0.15, 0.2) is 0 Å². The molecular weight excluding hydrogens is 263 g/mol. The van der Waals surface area contributed by atoms with Gasteiger partial charge in [0.1, 0.15) is 0 Å². The quantitative estimate of drug-likeness (QED) is 0.459. The third kappa shape index (κ3) is 5.63. The molecule has 0 radical (unpaired) electrons. The second kappa shape index (κ2) is 8.82. The van der Waals surface area contributed by atoms with E-state index in [0.29, 0.717) is 5.92 Å². The zero-order chi connectivity index (χ0) is 13.4. The average Bonchev–Trinajstić information content (AvgIpc) is 2.32. The topological polar surface area (TPSA) is 0 Å². The Morgan fingerprint density at radius 3 is 1.94 bits per heavy atom. The smallest absolute Gasteiger partial charge is 0.0423 e. The molecule has 1 aromatic carbocycles. The van der Waals surface area contributed by atoms with Gasteiger partial charge in [-0.2, -0.15) is 0 Å². The molecule has 0 nitrogen and oxygen atoms in total. The van der Waals surface area contributed by atoms with Crippen LogP contribution >= 0.6 is 23.2 Å². The molecule has 0 amide bonds. The fraction of sp³-hybridized carbons (Fsp3) is 0.625. The van der Waals surface area contributed by atoms with Crippen molar-refractivity contribution in [2.75, 3.05) is 0 Å². The number of benzene rings is 1. The molecule has 1 atom stereocenters. The Hall–Kier alpha value is -0.200. The van der Waals surface area contributed by atoms with Gasteiger partial charge >= 0.3 is 0 Å². The minimum absolute atomic E-state index is 0.618. The molecular formula is C16H24Cl2. The van der Waals surface area contributed by atoms with Crippen molar-refractivity contribution in [3.63, 3.8) is 0 Å². The van der Waals surface area contributed by atoms with Crippen molar-refractivity contribution in [3.05, 3.63) is 33.8 Å². The first kappa shape index (κ1) is 15.9. The maximum absolute atomic E-state index is 6.11. The summed E-state index contributed by atoms with van der Waals surface area (Å²) in [5.74, 6) is 0.618. The lowest BCUT2D eigenvalue weighted by atomic mass is 9.89. The predicted octanol–water partition coefficient (Wildman–Crippen LogP) is 6.85. The van der Waals surface area contributed by atoms with Crippen molar-refractivity contribution in [2.45, 2.75) is 64.7 Å². The zero-order valence-corrected chi connectivity index (χ0v) is 13.0. The van der Waals surface area contributed by atoms with Gasteiger partial charge < -0.3 is 0 Å². The highest BCUT2D eigenvalue weighted by atomic mass is 35.5. The molecule has 18 heavy (non-hydrogen) atoms. The van der Waals surface area contributed by atoms with Gasteiger partial charge in [0.2, 0.25) is 0 Å². The summed E-state index contributed by atoms with van der Waals surface area (Å²) in [4.78, 5) is 0. The van der Waals surface area contributed by atoms with Crippen molar-refractivity contribution < 1.29 is 0 Å². The Morgan fingerprint density at radius 1 is 0.833 bits per heavy atom. The van der Waals surface area contributed by atoms with E-state index in [1.807, 2.05) is 6.07 Å². The highest BCUT2D eigenvalue weighted by Gasteiger charge is 2.12. The van der Waals surface area contributed by atoms with Gasteiger partial charge in [-0.15, -0.1) is 0 Å². The van der Waals surface area contributed by atoms with E-state index < -0.39 is 0 Å². The van der Waals surface area contributed by atoms with E-state index in [4.69, 9.17) is 23.2 Å². The van der Waals surface area contributed by atoms with Crippen LogP contribution in [-0.4, -0.2) is 0 Å². The average molecular weight is 287 g/mol. The van der Waals surface area contributed by atoms with E-state index in [-0.39, 0.29) is 0 Å². The number of hydrogen-bond acceptors (Lipinski definition) is 0. The van der Waals surface area contributed by atoms with Gasteiger partial charge in [-0.05, 0) is 42.5 Å². The Balaban J connectivity index is 2.72. The first-order chi connectivity index (χ1) is 8.67. The summed E-state index contributed by atoms with van der Waals surface area (Å²) >= 11 is 12.2. The fourth-order valence-corrected chi connectivity index (χ4v) is 2.92. The number of unbranched alkanes of at least 4 members (excludes halogenated alkanes) is 3. The second-order valence-electron chi connectivity index (χ2n) is 5.04. The Bertz CT molecular complexity index is 327. The molecule has 0 saturated heterocycles. The summed E-state index contributed by atoms with van der Waals surface area (Å²) in [5, 5.41) is 1.52. The summed E-state index contributed by atoms with van der Waals surface area (Å²) in [6.45, 7) is 4.49. The highest BCUT2D eigenvalue weighted by molar-refractivity contribution is 6.34. The van der Waals surface area contributed by atoms with E-state index in [1.165, 1.54) is 50.5 Å². The fourth-order valence-electron chi connectivity index (χ4n) is 2.38. The van der Waals surface area contributed by atoms with E-state index >= 15 is 0 Å². The van der Waals surface area contributed by atoms with Gasteiger partial charge in [0.05, 0.1) is 0 Å². The Morgan fingerprint density at radius 2 is 1.39 bits per heavy atom. The summed E-state index contributed by atoms with van der Waals surface area (Å²) in [6.07, 6.45) is 8.92. The SMILES string of the molecule is CCCCCC(CCCC)c1cc(Cl)cc(Cl)c1. The molecule has 0 spiro atoms. The van der Waals surface area contributed by atoms with Gasteiger partial charge in [0, 0.05) is 10.0 Å². The maximum Gasteiger partial charge on any atom is 0.0423 e. The highest BCUT2D eigenvalue weighted by Crippen LogP contribution is 2.31. The van der Waals surface area contributed by atoms with Crippen molar-refractivity contribution in [3.8, 4) is 0 Å². The summed E-state index contributed by atoms with van der Waals surface area (Å²) < 4.78 is 0. The minimum atomic E-state index is 0.618. The Kier molecular flexibility index (Phi) is 7.77. The molecule has 0 aliphatic carbocycles. The molecule has 0 aromatic heterocycles. The minimum Gasteiger partial charge on any atom is -0.0843 e. The summed E-state index contributed by atoms with van der Waals surface area (Å²) in [7, 11) is 0. The van der Waals surface area contributed by atoms with E-state index in [2.05, 4.69) is 26.0 Å². The van der Waals surface area contributed by atoms with Crippen LogP contribution in [0.4, 0.5) is 0 Å².